The first-order valence-corrected chi connectivity index (χ1v) is 7.41. The van der Waals surface area contributed by atoms with Gasteiger partial charge in [0.05, 0.1) is 12.3 Å². The first kappa shape index (κ1) is 15.5. The lowest BCUT2D eigenvalue weighted by Crippen LogP contribution is -2.26. The maximum absolute atomic E-state index is 12.4. The molecule has 0 radical (unpaired) electrons. The number of benzene rings is 1. The molecule has 0 atom stereocenters. The van der Waals surface area contributed by atoms with Crippen molar-refractivity contribution in [2.24, 2.45) is 0 Å². The van der Waals surface area contributed by atoms with Crippen LogP contribution in [0.5, 0.6) is 0 Å². The molecule has 112 valence electrons. The number of aromatic nitrogens is 1. The monoisotopic (exact) mass is 285 g/mol. The van der Waals surface area contributed by atoms with Gasteiger partial charge in [-0.2, -0.15) is 0 Å². The Balaban J connectivity index is 2.58. The lowest BCUT2D eigenvalue weighted by Gasteiger charge is -2.18. The molecule has 21 heavy (non-hydrogen) atoms. The number of pyridine rings is 1. The zero-order chi connectivity index (χ0) is 15.6. The first-order chi connectivity index (χ1) is 9.95. The van der Waals surface area contributed by atoms with Crippen molar-refractivity contribution in [3.8, 4) is 11.3 Å². The molecule has 0 saturated heterocycles. The van der Waals surface area contributed by atoms with Gasteiger partial charge in [-0.15, -0.1) is 0 Å². The van der Waals surface area contributed by atoms with E-state index in [2.05, 4.69) is 38.1 Å². The Labute approximate surface area is 125 Å². The Morgan fingerprint density at radius 3 is 2.10 bits per heavy atom. The van der Waals surface area contributed by atoms with E-state index in [9.17, 15) is 9.90 Å². The largest absolute Gasteiger partial charge is 0.391 e. The van der Waals surface area contributed by atoms with Crippen molar-refractivity contribution in [2.75, 3.05) is 0 Å². The molecule has 0 aliphatic rings. The van der Waals surface area contributed by atoms with Crippen LogP contribution in [0.3, 0.4) is 0 Å². The molecule has 0 saturated carbocycles. The molecule has 3 nitrogen and oxygen atoms in total. The van der Waals surface area contributed by atoms with Gasteiger partial charge in [0.15, 0.2) is 0 Å². The van der Waals surface area contributed by atoms with Gasteiger partial charge in [-0.25, -0.2) is 0 Å². The molecule has 0 unspecified atom stereocenters. The summed E-state index contributed by atoms with van der Waals surface area (Å²) in [7, 11) is 0. The van der Waals surface area contributed by atoms with E-state index in [-0.39, 0.29) is 18.2 Å². The highest BCUT2D eigenvalue weighted by Gasteiger charge is 2.12. The summed E-state index contributed by atoms with van der Waals surface area (Å²) in [5, 5.41) is 9.27. The summed E-state index contributed by atoms with van der Waals surface area (Å²) < 4.78 is 1.75. The molecule has 2 rings (SSSR count). The second-order valence-electron chi connectivity index (χ2n) is 5.95. The minimum Gasteiger partial charge on any atom is -0.391 e. The minimum atomic E-state index is -0.224. The molecule has 2 aromatic rings. The van der Waals surface area contributed by atoms with E-state index in [1.165, 1.54) is 5.56 Å². The maximum Gasteiger partial charge on any atom is 0.256 e. The lowest BCUT2D eigenvalue weighted by molar-refractivity contribution is 0.279. The highest BCUT2D eigenvalue weighted by molar-refractivity contribution is 5.60. The van der Waals surface area contributed by atoms with Gasteiger partial charge >= 0.3 is 0 Å². The number of aliphatic hydroxyl groups is 1. The molecule has 3 heteroatoms. The van der Waals surface area contributed by atoms with Crippen molar-refractivity contribution in [1.29, 1.82) is 0 Å². The van der Waals surface area contributed by atoms with Gasteiger partial charge in [0, 0.05) is 11.6 Å². The molecular formula is C18H23NO2. The van der Waals surface area contributed by atoms with Crippen molar-refractivity contribution >= 4 is 0 Å². The number of rotatable bonds is 4. The molecule has 1 aromatic heterocycles. The molecule has 0 spiro atoms. The number of aliphatic hydroxyl groups excluding tert-OH is 1. The Morgan fingerprint density at radius 2 is 1.62 bits per heavy atom. The quantitative estimate of drug-likeness (QED) is 0.930. The van der Waals surface area contributed by atoms with Crippen LogP contribution in [0, 0.1) is 0 Å². The summed E-state index contributed by atoms with van der Waals surface area (Å²) in [6.45, 7) is 8.06. The molecule has 0 aliphatic carbocycles. The average Bonchev–Trinajstić information content (AvgIpc) is 2.46. The molecule has 0 amide bonds. The van der Waals surface area contributed by atoms with Crippen molar-refractivity contribution in [3.05, 3.63) is 57.9 Å². The number of hydrogen-bond donors (Lipinski definition) is 1. The standard InChI is InChI=1S/C18H23NO2/c1-12(2)14-5-7-15(8-6-14)17-10-9-16(11-20)18(21)19(17)13(3)4/h5-10,12-13,20H,11H2,1-4H3. The highest BCUT2D eigenvalue weighted by atomic mass is 16.3. The average molecular weight is 285 g/mol. The van der Waals surface area contributed by atoms with Crippen molar-refractivity contribution < 1.29 is 5.11 Å². The number of hydrogen-bond acceptors (Lipinski definition) is 2. The maximum atomic E-state index is 12.4. The zero-order valence-electron chi connectivity index (χ0n) is 13.1. The van der Waals surface area contributed by atoms with Crippen LogP contribution >= 0.6 is 0 Å². The third kappa shape index (κ3) is 3.08. The van der Waals surface area contributed by atoms with Crippen LogP contribution < -0.4 is 5.56 Å². The van der Waals surface area contributed by atoms with Crippen molar-refractivity contribution in [3.63, 3.8) is 0 Å². The van der Waals surface area contributed by atoms with Gasteiger partial charge in [0.25, 0.3) is 5.56 Å². The zero-order valence-corrected chi connectivity index (χ0v) is 13.1. The van der Waals surface area contributed by atoms with Gasteiger partial charge in [0.1, 0.15) is 0 Å². The van der Waals surface area contributed by atoms with E-state index >= 15 is 0 Å². The molecule has 0 fully saturated rings. The molecule has 0 aliphatic heterocycles. The Bertz CT molecular complexity index is 667. The van der Waals surface area contributed by atoms with Crippen LogP contribution in [0.25, 0.3) is 11.3 Å². The second kappa shape index (κ2) is 6.27. The van der Waals surface area contributed by atoms with Crippen molar-refractivity contribution in [2.45, 2.75) is 46.3 Å². The van der Waals surface area contributed by atoms with E-state index in [0.29, 0.717) is 11.5 Å². The fraction of sp³-hybridized carbons (Fsp3) is 0.389. The Morgan fingerprint density at radius 1 is 1.00 bits per heavy atom. The van der Waals surface area contributed by atoms with Gasteiger partial charge in [-0.1, -0.05) is 38.1 Å². The van der Waals surface area contributed by atoms with Gasteiger partial charge in [-0.05, 0) is 43.0 Å². The van der Waals surface area contributed by atoms with Gasteiger partial charge < -0.3 is 9.67 Å². The van der Waals surface area contributed by atoms with Crippen molar-refractivity contribution in [1.82, 2.24) is 4.57 Å². The summed E-state index contributed by atoms with van der Waals surface area (Å²) >= 11 is 0. The van der Waals surface area contributed by atoms with Crippen LogP contribution in [-0.4, -0.2) is 9.67 Å². The fourth-order valence-electron chi connectivity index (χ4n) is 2.50. The minimum absolute atomic E-state index is 0.0452. The summed E-state index contributed by atoms with van der Waals surface area (Å²) in [4.78, 5) is 12.4. The molecule has 1 aromatic carbocycles. The van der Waals surface area contributed by atoms with E-state index in [4.69, 9.17) is 0 Å². The third-order valence-electron chi connectivity index (χ3n) is 3.76. The smallest absolute Gasteiger partial charge is 0.256 e. The third-order valence-corrected chi connectivity index (χ3v) is 3.76. The van der Waals surface area contributed by atoms with Crippen LogP contribution in [-0.2, 0) is 6.61 Å². The summed E-state index contributed by atoms with van der Waals surface area (Å²) in [6, 6.07) is 12.0. The van der Waals surface area contributed by atoms with E-state index in [1.54, 1.807) is 10.6 Å². The number of nitrogens with zero attached hydrogens (tertiary/aromatic N) is 1. The topological polar surface area (TPSA) is 42.2 Å². The van der Waals surface area contributed by atoms with E-state index in [1.807, 2.05) is 19.9 Å². The summed E-state index contributed by atoms with van der Waals surface area (Å²) in [5.41, 5.74) is 3.52. The summed E-state index contributed by atoms with van der Waals surface area (Å²) in [6.07, 6.45) is 0. The first-order valence-electron chi connectivity index (χ1n) is 7.41. The predicted octanol–water partition coefficient (Wildman–Crippen LogP) is 3.71. The molecule has 1 heterocycles. The van der Waals surface area contributed by atoms with E-state index < -0.39 is 0 Å². The van der Waals surface area contributed by atoms with Gasteiger partial charge in [-0.3, -0.25) is 4.79 Å². The Kier molecular flexibility index (Phi) is 4.63. The SMILES string of the molecule is CC(C)c1ccc(-c2ccc(CO)c(=O)n2C(C)C)cc1. The normalized spacial score (nSPS) is 11.4. The van der Waals surface area contributed by atoms with Crippen LogP contribution in [0.1, 0.15) is 50.8 Å². The second-order valence-corrected chi connectivity index (χ2v) is 5.95. The molecule has 1 N–H and O–H groups in total. The molecule has 0 bridgehead atoms. The summed E-state index contributed by atoms with van der Waals surface area (Å²) in [5.74, 6) is 0.489. The Hall–Kier alpha value is -1.87. The van der Waals surface area contributed by atoms with Crippen LogP contribution in [0.2, 0.25) is 0 Å². The predicted molar refractivity (Wildman–Crippen MR) is 86.5 cm³/mol. The van der Waals surface area contributed by atoms with Gasteiger partial charge in [0.2, 0.25) is 0 Å². The van der Waals surface area contributed by atoms with E-state index in [0.717, 1.165) is 11.3 Å². The van der Waals surface area contributed by atoms with Crippen LogP contribution in [0.4, 0.5) is 0 Å². The lowest BCUT2D eigenvalue weighted by atomic mass is 10.00. The van der Waals surface area contributed by atoms with Crippen LogP contribution in [0.15, 0.2) is 41.2 Å². The molecular weight excluding hydrogens is 262 g/mol. The fourth-order valence-corrected chi connectivity index (χ4v) is 2.50. The highest BCUT2D eigenvalue weighted by Crippen LogP contribution is 2.24.